The summed E-state index contributed by atoms with van der Waals surface area (Å²) in [7, 11) is 1.47. The van der Waals surface area contributed by atoms with Crippen molar-refractivity contribution in [3.63, 3.8) is 0 Å². The first-order valence-electron chi connectivity index (χ1n) is 6.85. The number of hydrogen-bond acceptors (Lipinski definition) is 3. The van der Waals surface area contributed by atoms with Crippen LogP contribution in [0.15, 0.2) is 47.7 Å². The summed E-state index contributed by atoms with van der Waals surface area (Å²) in [4.78, 5) is 6.94. The van der Waals surface area contributed by atoms with Crippen LogP contribution in [0.3, 0.4) is 0 Å². The molecule has 114 valence electrons. The van der Waals surface area contributed by atoms with Crippen molar-refractivity contribution in [3.8, 4) is 11.1 Å². The normalized spacial score (nSPS) is 13.2. The van der Waals surface area contributed by atoms with Crippen LogP contribution < -0.4 is 0 Å². The minimum absolute atomic E-state index is 0.605. The quantitative estimate of drug-likeness (QED) is 0.451. The Morgan fingerprint density at radius 3 is 2.41 bits per heavy atom. The second kappa shape index (κ2) is 7.54. The van der Waals surface area contributed by atoms with Crippen LogP contribution in [-0.2, 0) is 4.74 Å². The molecule has 1 aromatic carbocycles. The number of nitrogens with zero attached hydrogens (tertiary/aromatic N) is 4. The lowest BCUT2D eigenvalue weighted by Gasteiger charge is -2.20. The van der Waals surface area contributed by atoms with Gasteiger partial charge >= 0.3 is 0 Å². The van der Waals surface area contributed by atoms with Gasteiger partial charge in [0.25, 0.3) is 0 Å². The van der Waals surface area contributed by atoms with Gasteiger partial charge < -0.3 is 4.74 Å². The molecule has 0 amide bonds. The molecule has 1 heterocycles. The van der Waals surface area contributed by atoms with Gasteiger partial charge in [-0.25, -0.2) is 0 Å². The average Bonchev–Trinajstić information content (AvgIpc) is 2.56. The highest BCUT2D eigenvalue weighted by atomic mass is 19.1. The molecular formula is C16H17FN4O. The maximum atomic E-state index is 13.0. The Bertz CT molecular complexity index is 651. The molecule has 0 radical (unpaired) electrons. The number of azide groups is 1. The van der Waals surface area contributed by atoms with Crippen molar-refractivity contribution in [1.82, 2.24) is 4.98 Å². The summed E-state index contributed by atoms with van der Waals surface area (Å²) < 4.78 is 18.3. The molecule has 1 unspecified atom stereocenters. The Kier molecular flexibility index (Phi) is 5.47. The van der Waals surface area contributed by atoms with E-state index in [9.17, 15) is 4.39 Å². The fourth-order valence-corrected chi connectivity index (χ4v) is 2.26. The van der Waals surface area contributed by atoms with Gasteiger partial charge in [-0.05, 0) is 29.6 Å². The lowest BCUT2D eigenvalue weighted by Crippen LogP contribution is -2.20. The molecule has 0 N–H and O–H groups in total. The highest BCUT2D eigenvalue weighted by molar-refractivity contribution is 5.62. The van der Waals surface area contributed by atoms with E-state index in [1.165, 1.54) is 7.11 Å². The largest absolute Gasteiger partial charge is 0.376 e. The second-order valence-corrected chi connectivity index (χ2v) is 4.89. The Morgan fingerprint density at radius 1 is 1.23 bits per heavy atom. The van der Waals surface area contributed by atoms with Crippen LogP contribution in [0.4, 0.5) is 4.39 Å². The van der Waals surface area contributed by atoms with Crippen molar-refractivity contribution < 1.29 is 9.13 Å². The van der Waals surface area contributed by atoms with Crippen LogP contribution >= 0.6 is 0 Å². The van der Waals surface area contributed by atoms with E-state index in [-0.39, 0.29) is 0 Å². The van der Waals surface area contributed by atoms with E-state index in [0.29, 0.717) is 0 Å². The van der Waals surface area contributed by atoms with Crippen molar-refractivity contribution >= 4 is 0 Å². The van der Waals surface area contributed by atoms with Gasteiger partial charge in [0.2, 0.25) is 0 Å². The summed E-state index contributed by atoms with van der Waals surface area (Å²) in [5.74, 6) is 0. The number of halogens is 1. The van der Waals surface area contributed by atoms with E-state index in [0.717, 1.165) is 22.4 Å². The summed E-state index contributed by atoms with van der Waals surface area (Å²) >= 11 is 0. The molecule has 5 nitrogen and oxygen atoms in total. The molecule has 2 aromatic rings. The zero-order valence-corrected chi connectivity index (χ0v) is 12.5. The summed E-state index contributed by atoms with van der Waals surface area (Å²) in [5, 5.41) is 3.45. The summed E-state index contributed by atoms with van der Waals surface area (Å²) in [6, 6.07) is 10.6. The van der Waals surface area contributed by atoms with E-state index < -0.39 is 18.8 Å². The number of pyridine rings is 1. The van der Waals surface area contributed by atoms with Gasteiger partial charge in [-0.1, -0.05) is 35.4 Å². The van der Waals surface area contributed by atoms with E-state index >= 15 is 0 Å². The van der Waals surface area contributed by atoms with Crippen LogP contribution in [0.1, 0.15) is 17.4 Å². The minimum atomic E-state index is -0.873. The van der Waals surface area contributed by atoms with Crippen molar-refractivity contribution in [2.75, 3.05) is 13.8 Å². The van der Waals surface area contributed by atoms with Crippen LogP contribution in [0, 0.1) is 6.92 Å². The first kappa shape index (κ1) is 15.9. The van der Waals surface area contributed by atoms with Crippen molar-refractivity contribution in [2.24, 2.45) is 5.11 Å². The molecule has 0 bridgehead atoms. The van der Waals surface area contributed by atoms with E-state index in [1.54, 1.807) is 0 Å². The molecule has 0 aliphatic carbocycles. The first-order valence-corrected chi connectivity index (χ1v) is 6.85. The van der Waals surface area contributed by atoms with Gasteiger partial charge in [0.1, 0.15) is 6.67 Å². The molecule has 0 fully saturated rings. The molecule has 0 aliphatic rings. The third-order valence-electron chi connectivity index (χ3n) is 3.45. The standard InChI is InChI=1S/C16H17FN4O/c1-11-3-4-14(10-19-11)12-5-7-13(8-6-12)16(22-2)15(9-17)20-21-18/h3-8,10,15-16H,9H2,1-2H3/t15?,16-/m1/s1. The molecule has 0 saturated heterocycles. The minimum Gasteiger partial charge on any atom is -0.376 e. The topological polar surface area (TPSA) is 70.9 Å². The molecular weight excluding hydrogens is 283 g/mol. The molecule has 2 rings (SSSR count). The smallest absolute Gasteiger partial charge is 0.101 e. The predicted molar refractivity (Wildman–Crippen MR) is 83.1 cm³/mol. The van der Waals surface area contributed by atoms with E-state index in [1.807, 2.05) is 49.5 Å². The van der Waals surface area contributed by atoms with Gasteiger partial charge in [0.05, 0.1) is 12.1 Å². The van der Waals surface area contributed by atoms with Gasteiger partial charge in [-0.15, -0.1) is 0 Å². The predicted octanol–water partition coefficient (Wildman–Crippen LogP) is 4.39. The van der Waals surface area contributed by atoms with Crippen LogP contribution in [0.5, 0.6) is 0 Å². The molecule has 0 spiro atoms. The highest BCUT2D eigenvalue weighted by Gasteiger charge is 2.22. The number of alkyl halides is 1. The third kappa shape index (κ3) is 3.61. The van der Waals surface area contributed by atoms with Crippen molar-refractivity contribution in [3.05, 3.63) is 64.3 Å². The SMILES string of the molecule is CO[C@H](c1ccc(-c2ccc(C)nc2)cc1)C(CF)N=[N+]=[N-]. The summed E-state index contributed by atoms with van der Waals surface area (Å²) in [5.41, 5.74) is 12.2. The molecule has 1 aromatic heterocycles. The lowest BCUT2D eigenvalue weighted by molar-refractivity contribution is 0.0722. The number of ether oxygens (including phenoxy) is 1. The van der Waals surface area contributed by atoms with Crippen LogP contribution in [0.25, 0.3) is 21.6 Å². The second-order valence-electron chi connectivity index (χ2n) is 4.89. The maximum Gasteiger partial charge on any atom is 0.101 e. The third-order valence-corrected chi connectivity index (χ3v) is 3.45. The number of hydrogen-bond donors (Lipinski definition) is 0. The van der Waals surface area contributed by atoms with Gasteiger partial charge in [-0.2, -0.15) is 0 Å². The zero-order chi connectivity index (χ0) is 15.9. The van der Waals surface area contributed by atoms with Crippen LogP contribution in [0.2, 0.25) is 0 Å². The number of benzene rings is 1. The fraction of sp³-hybridized carbons (Fsp3) is 0.312. The highest BCUT2D eigenvalue weighted by Crippen LogP contribution is 2.26. The number of aromatic nitrogens is 1. The Balaban J connectivity index is 2.26. The molecule has 2 atom stereocenters. The molecule has 6 heteroatoms. The fourth-order valence-electron chi connectivity index (χ4n) is 2.26. The van der Waals surface area contributed by atoms with E-state index in [2.05, 4.69) is 15.0 Å². The Hall–Kier alpha value is -2.43. The lowest BCUT2D eigenvalue weighted by atomic mass is 9.99. The number of aryl methyl sites for hydroxylation is 1. The number of methoxy groups -OCH3 is 1. The molecule has 0 saturated carbocycles. The number of rotatable bonds is 6. The first-order chi connectivity index (χ1) is 10.7. The van der Waals surface area contributed by atoms with Gasteiger partial charge in [-0.3, -0.25) is 9.37 Å². The van der Waals surface area contributed by atoms with E-state index in [4.69, 9.17) is 10.3 Å². The molecule has 22 heavy (non-hydrogen) atoms. The average molecular weight is 300 g/mol. The van der Waals surface area contributed by atoms with Crippen molar-refractivity contribution in [2.45, 2.75) is 19.1 Å². The molecule has 0 aliphatic heterocycles. The van der Waals surface area contributed by atoms with Gasteiger partial charge in [0.15, 0.2) is 0 Å². The van der Waals surface area contributed by atoms with Gasteiger partial charge in [0, 0.05) is 29.5 Å². The summed E-state index contributed by atoms with van der Waals surface area (Å²) in [6.07, 6.45) is 1.20. The zero-order valence-electron chi connectivity index (χ0n) is 12.5. The monoisotopic (exact) mass is 300 g/mol. The maximum absolute atomic E-state index is 13.0. The van der Waals surface area contributed by atoms with Crippen molar-refractivity contribution in [1.29, 1.82) is 0 Å². The van der Waals surface area contributed by atoms with Crippen LogP contribution in [-0.4, -0.2) is 24.8 Å². The Labute approximate surface area is 128 Å². The summed E-state index contributed by atoms with van der Waals surface area (Å²) in [6.45, 7) is 1.16. The Morgan fingerprint density at radius 2 is 1.91 bits per heavy atom.